The number of hydrogen-bond acceptors (Lipinski definition) is 8. The third-order valence-corrected chi connectivity index (χ3v) is 6.60. The van der Waals surface area contributed by atoms with Crippen molar-refractivity contribution < 1.29 is 38.1 Å². The Morgan fingerprint density at radius 2 is 1.03 bits per heavy atom. The topological polar surface area (TPSA) is 97.4 Å². The molecular weight excluding hydrogens is 591 g/mol. The van der Waals surface area contributed by atoms with E-state index in [9.17, 15) is 14.4 Å². The average molecular weight is 616 g/mol. The minimum atomic E-state index is -1.22. The Morgan fingerprint density at radius 1 is 0.649 bits per heavy atom. The molecule has 8 nitrogen and oxygen atoms in total. The van der Waals surface area contributed by atoms with Crippen molar-refractivity contribution in [2.75, 3.05) is 11.5 Å². The Hall–Kier alpha value is -3.28. The molecule has 1 aliphatic rings. The van der Waals surface area contributed by atoms with Gasteiger partial charge in [-0.15, -0.1) is 0 Å². The molecule has 0 aromatic heterocycles. The first-order chi connectivity index (χ1) is 18.0. The van der Waals surface area contributed by atoms with E-state index in [1.165, 1.54) is 7.11 Å². The average Bonchev–Trinajstić information content (AvgIpc) is 2.95. The Labute approximate surface area is 228 Å². The molecule has 0 spiro atoms. The van der Waals surface area contributed by atoms with Crippen LogP contribution in [0.15, 0.2) is 91.0 Å². The second-order valence-electron chi connectivity index (χ2n) is 8.14. The lowest BCUT2D eigenvalue weighted by Gasteiger charge is -2.43. The molecule has 0 amide bonds. The van der Waals surface area contributed by atoms with Gasteiger partial charge in [0.05, 0.1) is 16.7 Å². The fraction of sp³-hybridized carbons (Fsp3) is 0.250. The predicted molar refractivity (Wildman–Crippen MR) is 141 cm³/mol. The summed E-state index contributed by atoms with van der Waals surface area (Å²) in [6, 6.07) is 25.2. The fourth-order valence-electron chi connectivity index (χ4n) is 3.89. The molecule has 1 heterocycles. The largest absolute Gasteiger partial charge is 0.452 e. The van der Waals surface area contributed by atoms with Gasteiger partial charge in [0.1, 0.15) is 6.10 Å². The third kappa shape index (κ3) is 6.54. The van der Waals surface area contributed by atoms with Gasteiger partial charge in [-0.25, -0.2) is 14.4 Å². The summed E-state index contributed by atoms with van der Waals surface area (Å²) in [4.78, 5) is 39.1. The lowest BCUT2D eigenvalue weighted by atomic mass is 9.98. The van der Waals surface area contributed by atoms with E-state index < -0.39 is 48.6 Å². The number of hydrogen-bond donors (Lipinski definition) is 0. The SMILES string of the molecule is CO[C@H]1O[C@@H](CI)[C@@H](OC(=O)c2ccccc2)[C@@H](OC(=O)c2ccccc2)[C@H]1OC(=O)c1ccccc1. The third-order valence-electron chi connectivity index (χ3n) is 5.73. The number of carbonyl (C=O) groups excluding carboxylic acids is 3. The van der Waals surface area contributed by atoms with Gasteiger partial charge in [0.25, 0.3) is 0 Å². The highest BCUT2D eigenvalue weighted by molar-refractivity contribution is 14.1. The molecule has 37 heavy (non-hydrogen) atoms. The van der Waals surface area contributed by atoms with Crippen LogP contribution in [0.5, 0.6) is 0 Å². The molecule has 5 atom stereocenters. The van der Waals surface area contributed by atoms with Gasteiger partial charge in [0, 0.05) is 11.5 Å². The smallest absolute Gasteiger partial charge is 0.338 e. The van der Waals surface area contributed by atoms with Gasteiger partial charge in [-0.05, 0) is 36.4 Å². The van der Waals surface area contributed by atoms with Crippen LogP contribution >= 0.6 is 22.6 Å². The molecule has 4 rings (SSSR count). The van der Waals surface area contributed by atoms with Crippen molar-refractivity contribution in [2.24, 2.45) is 0 Å². The highest BCUT2D eigenvalue weighted by Crippen LogP contribution is 2.31. The summed E-state index contributed by atoms with van der Waals surface area (Å²) >= 11 is 2.09. The van der Waals surface area contributed by atoms with E-state index in [4.69, 9.17) is 23.7 Å². The van der Waals surface area contributed by atoms with Crippen LogP contribution in [-0.2, 0) is 23.7 Å². The minimum absolute atomic E-state index is 0.287. The first kappa shape index (κ1) is 26.8. The number of alkyl halides is 1. The van der Waals surface area contributed by atoms with Crippen molar-refractivity contribution in [2.45, 2.75) is 30.7 Å². The first-order valence-electron chi connectivity index (χ1n) is 11.5. The summed E-state index contributed by atoms with van der Waals surface area (Å²) < 4.78 is 29.4. The number of rotatable bonds is 8. The van der Waals surface area contributed by atoms with Gasteiger partial charge in [-0.2, -0.15) is 0 Å². The zero-order chi connectivity index (χ0) is 26.2. The molecule has 1 saturated heterocycles. The molecule has 9 heteroatoms. The molecule has 0 saturated carbocycles. The predicted octanol–water partition coefficient (Wildman–Crippen LogP) is 4.47. The van der Waals surface area contributed by atoms with E-state index in [1.807, 2.05) is 0 Å². The summed E-state index contributed by atoms with van der Waals surface area (Å²) in [6.07, 6.45) is -5.31. The lowest BCUT2D eigenvalue weighted by molar-refractivity contribution is -0.282. The zero-order valence-corrected chi connectivity index (χ0v) is 22.1. The molecule has 1 aliphatic heterocycles. The van der Waals surface area contributed by atoms with Gasteiger partial charge >= 0.3 is 17.9 Å². The molecule has 0 bridgehead atoms. The van der Waals surface area contributed by atoms with Gasteiger partial charge in [0.15, 0.2) is 24.6 Å². The van der Waals surface area contributed by atoms with Crippen molar-refractivity contribution in [1.29, 1.82) is 0 Å². The van der Waals surface area contributed by atoms with Crippen molar-refractivity contribution >= 4 is 40.5 Å². The number of halogens is 1. The number of methoxy groups -OCH3 is 1. The Morgan fingerprint density at radius 3 is 1.41 bits per heavy atom. The monoisotopic (exact) mass is 616 g/mol. The second kappa shape index (κ2) is 12.8. The summed E-state index contributed by atoms with van der Waals surface area (Å²) in [5, 5.41) is 0. The summed E-state index contributed by atoms with van der Waals surface area (Å²) in [5.74, 6) is -1.97. The molecule has 3 aromatic carbocycles. The maximum atomic E-state index is 13.1. The Balaban J connectivity index is 1.69. The molecule has 0 N–H and O–H groups in total. The lowest BCUT2D eigenvalue weighted by Crippen LogP contribution is -2.62. The molecule has 0 unspecified atom stereocenters. The molecule has 3 aromatic rings. The van der Waals surface area contributed by atoms with Gasteiger partial charge in [0.2, 0.25) is 0 Å². The van der Waals surface area contributed by atoms with Gasteiger partial charge in [-0.3, -0.25) is 0 Å². The van der Waals surface area contributed by atoms with Crippen molar-refractivity contribution in [3.05, 3.63) is 108 Å². The number of esters is 3. The van der Waals surface area contributed by atoms with Crippen LogP contribution in [0.4, 0.5) is 0 Å². The summed E-state index contributed by atoms with van der Waals surface area (Å²) in [5.41, 5.74) is 0.893. The second-order valence-corrected chi connectivity index (χ2v) is 9.02. The summed E-state index contributed by atoms with van der Waals surface area (Å²) in [6.45, 7) is 0. The number of carbonyl (C=O) groups is 3. The quantitative estimate of drug-likeness (QED) is 0.158. The van der Waals surface area contributed by atoms with Crippen LogP contribution < -0.4 is 0 Å². The standard InChI is InChI=1S/C28H25IO8/c1-33-28-24(37-27(32)20-15-9-4-10-16-20)23(36-26(31)19-13-7-3-8-14-19)22(21(17-29)34-28)35-25(30)18-11-5-2-6-12-18/h2-16,21-24,28H,17H2,1H3/t21-,22+,23+,24+,28-/m0/s1. The molecule has 1 fully saturated rings. The van der Waals surface area contributed by atoms with E-state index >= 15 is 0 Å². The molecule has 0 radical (unpaired) electrons. The van der Waals surface area contributed by atoms with Crippen LogP contribution in [0.3, 0.4) is 0 Å². The van der Waals surface area contributed by atoms with Crippen LogP contribution in [0, 0.1) is 0 Å². The van der Waals surface area contributed by atoms with E-state index in [2.05, 4.69) is 22.6 Å². The number of benzene rings is 3. The Kier molecular flexibility index (Phi) is 9.26. The van der Waals surface area contributed by atoms with Gasteiger partial charge in [-0.1, -0.05) is 77.2 Å². The first-order valence-corrected chi connectivity index (χ1v) is 13.1. The highest BCUT2D eigenvalue weighted by atomic mass is 127. The molecule has 192 valence electrons. The molecular formula is C28H25IO8. The fourth-order valence-corrected chi connectivity index (χ4v) is 4.60. The minimum Gasteiger partial charge on any atom is -0.452 e. The molecule has 0 aliphatic carbocycles. The van der Waals surface area contributed by atoms with Gasteiger partial charge < -0.3 is 23.7 Å². The van der Waals surface area contributed by atoms with Crippen molar-refractivity contribution in [1.82, 2.24) is 0 Å². The van der Waals surface area contributed by atoms with Crippen molar-refractivity contribution in [3.63, 3.8) is 0 Å². The maximum Gasteiger partial charge on any atom is 0.338 e. The van der Waals surface area contributed by atoms with Crippen molar-refractivity contribution in [3.8, 4) is 0 Å². The highest BCUT2D eigenvalue weighted by Gasteiger charge is 2.52. The number of ether oxygens (including phenoxy) is 5. The summed E-state index contributed by atoms with van der Waals surface area (Å²) in [7, 11) is 1.39. The van der Waals surface area contributed by atoms with E-state index in [0.29, 0.717) is 15.6 Å². The van der Waals surface area contributed by atoms with Crippen LogP contribution in [0.1, 0.15) is 31.1 Å². The maximum absolute atomic E-state index is 13.1. The van der Waals surface area contributed by atoms with E-state index in [-0.39, 0.29) is 5.56 Å². The zero-order valence-electron chi connectivity index (χ0n) is 19.9. The van der Waals surface area contributed by atoms with E-state index in [0.717, 1.165) is 0 Å². The normalized spacial score (nSPS) is 23.0. The van der Waals surface area contributed by atoms with E-state index in [1.54, 1.807) is 91.0 Å². The Bertz CT molecular complexity index is 1120. The van der Waals surface area contributed by atoms with Crippen LogP contribution in [0.2, 0.25) is 0 Å². The van der Waals surface area contributed by atoms with Crippen LogP contribution in [0.25, 0.3) is 0 Å². The van der Waals surface area contributed by atoms with Crippen LogP contribution in [-0.4, -0.2) is 60.2 Å².